The molecule has 0 saturated heterocycles. The molecular weight excluding hydrogens is 354 g/mol. The summed E-state index contributed by atoms with van der Waals surface area (Å²) >= 11 is 1.10. The van der Waals surface area contributed by atoms with Gasteiger partial charge in [0.05, 0.1) is 24.2 Å². The Morgan fingerprint density at radius 1 is 1.08 bits per heavy atom. The molecular formula is C19H19NO5S. The van der Waals surface area contributed by atoms with E-state index in [0.29, 0.717) is 16.8 Å². The topological polar surface area (TPSA) is 77.8 Å². The highest BCUT2D eigenvalue weighted by Crippen LogP contribution is 2.41. The molecule has 0 radical (unpaired) electrons. The molecule has 2 heterocycles. The maximum Gasteiger partial charge on any atom is 0.352 e. The predicted molar refractivity (Wildman–Crippen MR) is 98.9 cm³/mol. The third-order valence-electron chi connectivity index (χ3n) is 3.83. The van der Waals surface area contributed by atoms with Crippen molar-refractivity contribution in [3.05, 3.63) is 52.5 Å². The number of nitrogens with zero attached hydrogens (tertiary/aromatic N) is 1. The van der Waals surface area contributed by atoms with Gasteiger partial charge >= 0.3 is 11.9 Å². The van der Waals surface area contributed by atoms with Gasteiger partial charge in [-0.1, -0.05) is 30.3 Å². The molecule has 26 heavy (non-hydrogen) atoms. The lowest BCUT2D eigenvalue weighted by Gasteiger charge is -2.04. The molecule has 0 fully saturated rings. The smallest absolute Gasteiger partial charge is 0.352 e. The molecule has 7 heteroatoms. The Morgan fingerprint density at radius 2 is 1.73 bits per heavy atom. The highest BCUT2D eigenvalue weighted by molar-refractivity contribution is 7.21. The number of ether oxygens (including phenoxy) is 2. The summed E-state index contributed by atoms with van der Waals surface area (Å²) in [6.45, 7) is 4.34. The van der Waals surface area contributed by atoms with E-state index in [2.05, 4.69) is 0 Å². The lowest BCUT2D eigenvalue weighted by Crippen LogP contribution is -2.05. The summed E-state index contributed by atoms with van der Waals surface area (Å²) in [5.74, 6) is -1.38. The Labute approximate surface area is 154 Å². The Balaban J connectivity index is 2.13. The minimum absolute atomic E-state index is 0.0878. The van der Waals surface area contributed by atoms with Crippen LogP contribution in [0, 0.1) is 0 Å². The number of fused-ring (bicyclic) bond motifs is 1. The van der Waals surface area contributed by atoms with E-state index in [0.717, 1.165) is 16.9 Å². The molecule has 0 spiro atoms. The van der Waals surface area contributed by atoms with Gasteiger partial charge in [0, 0.05) is 12.7 Å². The zero-order chi connectivity index (χ0) is 18.7. The maximum atomic E-state index is 12.3. The third-order valence-corrected chi connectivity index (χ3v) is 5.03. The van der Waals surface area contributed by atoms with E-state index in [9.17, 15) is 14.7 Å². The fourth-order valence-electron chi connectivity index (χ4n) is 2.73. The van der Waals surface area contributed by atoms with Crippen molar-refractivity contribution in [1.29, 1.82) is 0 Å². The van der Waals surface area contributed by atoms with Gasteiger partial charge in [-0.25, -0.2) is 9.59 Å². The van der Waals surface area contributed by atoms with Crippen LogP contribution < -0.4 is 0 Å². The quantitative estimate of drug-likeness (QED) is 0.665. The van der Waals surface area contributed by atoms with Crippen LogP contribution in [0.1, 0.15) is 39.4 Å². The van der Waals surface area contributed by atoms with Gasteiger partial charge in [-0.3, -0.25) is 0 Å². The summed E-state index contributed by atoms with van der Waals surface area (Å²) in [5.41, 5.74) is 1.27. The van der Waals surface area contributed by atoms with Crippen LogP contribution >= 0.6 is 11.3 Å². The van der Waals surface area contributed by atoms with Gasteiger partial charge in [-0.05, 0) is 19.4 Å². The number of hydrogen-bond donors (Lipinski definition) is 1. The fraction of sp³-hybridized carbons (Fsp3) is 0.263. The molecule has 0 bridgehead atoms. The predicted octanol–water partition coefficient (Wildman–Crippen LogP) is 3.81. The molecule has 0 unspecified atom stereocenters. The number of rotatable bonds is 6. The molecule has 3 aromatic rings. The van der Waals surface area contributed by atoms with Gasteiger partial charge in [0.15, 0.2) is 10.6 Å². The summed E-state index contributed by atoms with van der Waals surface area (Å²) in [5, 5.41) is 10.9. The molecule has 0 aliphatic heterocycles. The molecule has 6 nitrogen and oxygen atoms in total. The van der Waals surface area contributed by atoms with Crippen LogP contribution in [0.3, 0.4) is 0 Å². The number of thiophene rings is 1. The van der Waals surface area contributed by atoms with Gasteiger partial charge < -0.3 is 19.1 Å². The normalized spacial score (nSPS) is 10.8. The number of hydrogen-bond acceptors (Lipinski definition) is 6. The molecule has 2 aromatic heterocycles. The van der Waals surface area contributed by atoms with Crippen LogP contribution in [0.5, 0.6) is 5.75 Å². The molecule has 1 N–H and O–H groups in total. The SMILES string of the molecule is CCOC(=O)c1sc2c(c(C(=O)OCC)cn2Cc2ccccc2)c1O. The first-order chi connectivity index (χ1) is 12.6. The van der Waals surface area contributed by atoms with E-state index in [4.69, 9.17) is 9.47 Å². The van der Waals surface area contributed by atoms with Gasteiger partial charge in [-0.2, -0.15) is 0 Å². The molecule has 0 aliphatic carbocycles. The van der Waals surface area contributed by atoms with Crippen LogP contribution in [-0.2, 0) is 16.0 Å². The van der Waals surface area contributed by atoms with Crippen molar-refractivity contribution in [2.45, 2.75) is 20.4 Å². The van der Waals surface area contributed by atoms with Crippen molar-refractivity contribution in [3.8, 4) is 5.75 Å². The minimum atomic E-state index is -0.604. The number of aromatic nitrogens is 1. The van der Waals surface area contributed by atoms with Crippen LogP contribution in [0.4, 0.5) is 0 Å². The third kappa shape index (κ3) is 3.30. The summed E-state index contributed by atoms with van der Waals surface area (Å²) < 4.78 is 11.9. The molecule has 0 saturated carbocycles. The standard InChI is InChI=1S/C19H19NO5S/c1-3-24-18(22)13-11-20(10-12-8-6-5-7-9-12)17-14(13)15(21)16(26-17)19(23)25-4-2/h5-9,11,21H,3-4,10H2,1-2H3. The Bertz CT molecular complexity index is 942. The summed E-state index contributed by atoms with van der Waals surface area (Å²) in [4.78, 5) is 25.1. The Kier molecular flexibility index (Phi) is 5.27. The Hall–Kier alpha value is -2.80. The van der Waals surface area contributed by atoms with Gasteiger partial charge in [0.1, 0.15) is 4.83 Å². The summed E-state index contributed by atoms with van der Waals surface area (Å²) in [6.07, 6.45) is 1.65. The van der Waals surface area contributed by atoms with Crippen molar-refractivity contribution in [1.82, 2.24) is 4.57 Å². The first-order valence-corrected chi connectivity index (χ1v) is 9.11. The van der Waals surface area contributed by atoms with E-state index >= 15 is 0 Å². The van der Waals surface area contributed by atoms with Crippen LogP contribution in [0.2, 0.25) is 0 Å². The first-order valence-electron chi connectivity index (χ1n) is 8.29. The lowest BCUT2D eigenvalue weighted by atomic mass is 10.2. The molecule has 3 rings (SSSR count). The van der Waals surface area contributed by atoms with Gasteiger partial charge in [0.2, 0.25) is 0 Å². The zero-order valence-electron chi connectivity index (χ0n) is 14.5. The number of carbonyl (C=O) groups is 2. The minimum Gasteiger partial charge on any atom is -0.505 e. The first kappa shape index (κ1) is 18.0. The second-order valence-corrected chi connectivity index (χ2v) is 6.56. The summed E-state index contributed by atoms with van der Waals surface area (Å²) in [6, 6.07) is 9.72. The van der Waals surface area contributed by atoms with E-state index in [1.807, 2.05) is 34.9 Å². The van der Waals surface area contributed by atoms with E-state index in [1.54, 1.807) is 20.0 Å². The van der Waals surface area contributed by atoms with Crippen molar-refractivity contribution in [2.24, 2.45) is 0 Å². The van der Waals surface area contributed by atoms with Crippen molar-refractivity contribution >= 4 is 33.5 Å². The maximum absolute atomic E-state index is 12.3. The molecule has 136 valence electrons. The van der Waals surface area contributed by atoms with E-state index < -0.39 is 11.9 Å². The molecule has 0 amide bonds. The zero-order valence-corrected chi connectivity index (χ0v) is 15.3. The summed E-state index contributed by atoms with van der Waals surface area (Å²) in [7, 11) is 0. The van der Waals surface area contributed by atoms with E-state index in [-0.39, 0.29) is 29.4 Å². The van der Waals surface area contributed by atoms with Crippen molar-refractivity contribution in [2.75, 3.05) is 13.2 Å². The molecule has 0 atom stereocenters. The number of carbonyl (C=O) groups excluding carboxylic acids is 2. The van der Waals surface area contributed by atoms with Crippen molar-refractivity contribution < 1.29 is 24.2 Å². The highest BCUT2D eigenvalue weighted by Gasteiger charge is 2.27. The average molecular weight is 373 g/mol. The van der Waals surface area contributed by atoms with Gasteiger partial charge in [0.25, 0.3) is 0 Å². The lowest BCUT2D eigenvalue weighted by molar-refractivity contribution is 0.0516. The fourth-order valence-corrected chi connectivity index (χ4v) is 3.81. The Morgan fingerprint density at radius 3 is 2.38 bits per heavy atom. The number of benzene rings is 1. The monoisotopic (exact) mass is 373 g/mol. The van der Waals surface area contributed by atoms with Crippen LogP contribution in [-0.4, -0.2) is 34.8 Å². The highest BCUT2D eigenvalue weighted by atomic mass is 32.1. The van der Waals surface area contributed by atoms with Crippen molar-refractivity contribution in [3.63, 3.8) is 0 Å². The number of esters is 2. The van der Waals surface area contributed by atoms with E-state index in [1.165, 1.54) is 0 Å². The average Bonchev–Trinajstić information content (AvgIpc) is 3.15. The molecule has 1 aromatic carbocycles. The largest absolute Gasteiger partial charge is 0.505 e. The number of aromatic hydroxyl groups is 1. The molecule has 0 aliphatic rings. The second kappa shape index (κ2) is 7.61. The second-order valence-electron chi connectivity index (χ2n) is 5.56. The van der Waals surface area contributed by atoms with Crippen LogP contribution in [0.25, 0.3) is 10.2 Å². The van der Waals surface area contributed by atoms with Gasteiger partial charge in [-0.15, -0.1) is 11.3 Å². The van der Waals surface area contributed by atoms with Crippen LogP contribution in [0.15, 0.2) is 36.5 Å².